The van der Waals surface area contributed by atoms with E-state index < -0.39 is 34.0 Å². The summed E-state index contributed by atoms with van der Waals surface area (Å²) in [5, 5.41) is 9.15. The van der Waals surface area contributed by atoms with E-state index in [-0.39, 0.29) is 10.9 Å². The van der Waals surface area contributed by atoms with Gasteiger partial charge in [0.25, 0.3) is 5.56 Å². The van der Waals surface area contributed by atoms with Crippen molar-refractivity contribution in [2.24, 2.45) is 0 Å². The predicted octanol–water partition coefficient (Wildman–Crippen LogP) is 2.26. The lowest BCUT2D eigenvalue weighted by Gasteiger charge is -2.14. The number of amides is 1. The molecule has 0 aliphatic heterocycles. The highest BCUT2D eigenvalue weighted by Crippen LogP contribution is 2.24. The van der Waals surface area contributed by atoms with Gasteiger partial charge in [-0.15, -0.1) is 10.2 Å². The lowest BCUT2D eigenvalue weighted by molar-refractivity contribution is -0.115. The van der Waals surface area contributed by atoms with Crippen molar-refractivity contribution in [3.8, 4) is 0 Å². The van der Waals surface area contributed by atoms with Crippen LogP contribution in [0.5, 0.6) is 0 Å². The van der Waals surface area contributed by atoms with Crippen LogP contribution in [-0.4, -0.2) is 26.3 Å². The molecule has 0 aliphatic carbocycles. The van der Waals surface area contributed by atoms with Crippen molar-refractivity contribution in [3.63, 3.8) is 0 Å². The number of carbonyl (C=O) groups excluding carboxylic acids is 1. The van der Waals surface area contributed by atoms with E-state index in [2.05, 4.69) is 20.5 Å². The third-order valence-electron chi connectivity index (χ3n) is 2.97. The molecule has 2 aromatic rings. The third kappa shape index (κ3) is 4.13. The molecular weight excluding hydrogens is 326 g/mol. The van der Waals surface area contributed by atoms with Crippen LogP contribution in [0, 0.1) is 18.6 Å². The number of hydrogen-bond acceptors (Lipinski definition) is 5. The molecule has 1 aromatic heterocycles. The van der Waals surface area contributed by atoms with Crippen molar-refractivity contribution >= 4 is 23.4 Å². The number of H-pyrrole nitrogens is 1. The zero-order valence-electron chi connectivity index (χ0n) is 12.4. The number of hydrogen-bond donors (Lipinski definition) is 2. The van der Waals surface area contributed by atoms with Gasteiger partial charge in [-0.05, 0) is 25.5 Å². The number of benzene rings is 1. The molecule has 1 heterocycles. The lowest BCUT2D eigenvalue weighted by atomic mass is 10.2. The number of aryl methyl sites for hydroxylation is 1. The van der Waals surface area contributed by atoms with Gasteiger partial charge in [0.05, 0.1) is 5.25 Å². The molecule has 23 heavy (non-hydrogen) atoms. The Hall–Kier alpha value is -2.29. The van der Waals surface area contributed by atoms with Crippen LogP contribution in [0.2, 0.25) is 0 Å². The number of nitrogens with zero attached hydrogens (tertiary/aromatic N) is 2. The first-order valence-corrected chi connectivity index (χ1v) is 7.65. The van der Waals surface area contributed by atoms with Crippen molar-refractivity contribution in [2.45, 2.75) is 30.7 Å². The summed E-state index contributed by atoms with van der Waals surface area (Å²) in [6.45, 7) is 3.24. The summed E-state index contributed by atoms with van der Waals surface area (Å²) < 4.78 is 27.1. The van der Waals surface area contributed by atoms with E-state index in [1.54, 1.807) is 6.92 Å². The number of halogens is 2. The van der Waals surface area contributed by atoms with Gasteiger partial charge in [0, 0.05) is 0 Å². The standard InChI is InChI=1S/C14H14F2N4O2S/c1-3-10(23-14-18-12(21)7(2)19-20-14)13(22)17-11-8(15)5-4-6-9(11)16/h4-6,10H,3H2,1-2H3,(H,17,22)(H,18,20,21). The lowest BCUT2D eigenvalue weighted by Crippen LogP contribution is -2.26. The minimum absolute atomic E-state index is 0.164. The largest absolute Gasteiger partial charge is 0.320 e. The van der Waals surface area contributed by atoms with Gasteiger partial charge < -0.3 is 5.32 Å². The Labute approximate surface area is 134 Å². The Kier molecular flexibility index (Phi) is 5.43. The number of rotatable bonds is 5. The number of anilines is 1. The van der Waals surface area contributed by atoms with E-state index in [0.29, 0.717) is 6.42 Å². The second-order valence-electron chi connectivity index (χ2n) is 4.65. The van der Waals surface area contributed by atoms with Crippen LogP contribution in [0.25, 0.3) is 0 Å². The number of nitrogens with one attached hydrogen (secondary N) is 2. The fourth-order valence-electron chi connectivity index (χ4n) is 1.71. The molecule has 1 amide bonds. The maximum Gasteiger partial charge on any atom is 0.273 e. The number of aromatic nitrogens is 3. The zero-order valence-corrected chi connectivity index (χ0v) is 13.2. The van der Waals surface area contributed by atoms with Crippen LogP contribution >= 0.6 is 11.8 Å². The van der Waals surface area contributed by atoms with Gasteiger partial charge in [-0.3, -0.25) is 14.6 Å². The van der Waals surface area contributed by atoms with Gasteiger partial charge in [-0.25, -0.2) is 8.78 Å². The number of aromatic amines is 1. The Morgan fingerprint density at radius 3 is 2.57 bits per heavy atom. The molecular formula is C14H14F2N4O2S. The zero-order chi connectivity index (χ0) is 17.0. The van der Waals surface area contributed by atoms with E-state index in [1.165, 1.54) is 13.0 Å². The summed E-state index contributed by atoms with van der Waals surface area (Å²) in [7, 11) is 0. The average molecular weight is 340 g/mol. The number of para-hydroxylation sites is 1. The number of thioether (sulfide) groups is 1. The minimum Gasteiger partial charge on any atom is -0.320 e. The monoisotopic (exact) mass is 340 g/mol. The molecule has 0 bridgehead atoms. The maximum atomic E-state index is 13.6. The van der Waals surface area contributed by atoms with Crippen LogP contribution in [0.3, 0.4) is 0 Å². The van der Waals surface area contributed by atoms with Gasteiger partial charge in [-0.1, -0.05) is 24.8 Å². The molecule has 9 heteroatoms. The molecule has 0 fully saturated rings. The molecule has 2 rings (SSSR count). The van der Waals surface area contributed by atoms with Crippen LogP contribution in [-0.2, 0) is 4.79 Å². The molecule has 0 spiro atoms. The highest BCUT2D eigenvalue weighted by Gasteiger charge is 2.22. The van der Waals surface area contributed by atoms with Gasteiger partial charge in [0.1, 0.15) is 23.0 Å². The van der Waals surface area contributed by atoms with Crippen LogP contribution in [0.4, 0.5) is 14.5 Å². The van der Waals surface area contributed by atoms with Gasteiger partial charge in [-0.2, -0.15) is 0 Å². The minimum atomic E-state index is -0.860. The van der Waals surface area contributed by atoms with Gasteiger partial charge in [0.2, 0.25) is 5.91 Å². The fraction of sp³-hybridized carbons (Fsp3) is 0.286. The van der Waals surface area contributed by atoms with Crippen LogP contribution in [0.15, 0.2) is 28.2 Å². The van der Waals surface area contributed by atoms with E-state index in [0.717, 1.165) is 23.9 Å². The Morgan fingerprint density at radius 2 is 2.00 bits per heavy atom. The Bertz CT molecular complexity index is 761. The third-order valence-corrected chi connectivity index (χ3v) is 4.21. The summed E-state index contributed by atoms with van der Waals surface area (Å²) in [5.41, 5.74) is -0.696. The normalized spacial score (nSPS) is 12.0. The second-order valence-corrected chi connectivity index (χ2v) is 5.84. The first kappa shape index (κ1) is 17.1. The highest BCUT2D eigenvalue weighted by atomic mass is 32.2. The SMILES string of the molecule is CCC(Sc1nnc(C)c(=O)[nH]1)C(=O)Nc1c(F)cccc1F. The molecule has 6 nitrogen and oxygen atoms in total. The predicted molar refractivity (Wildman–Crippen MR) is 82.3 cm³/mol. The van der Waals surface area contributed by atoms with Gasteiger partial charge in [0.15, 0.2) is 5.16 Å². The fourth-order valence-corrected chi connectivity index (χ4v) is 2.55. The molecule has 2 N–H and O–H groups in total. The van der Waals surface area contributed by atoms with Gasteiger partial charge >= 0.3 is 0 Å². The summed E-state index contributed by atoms with van der Waals surface area (Å²) in [5.74, 6) is -2.31. The first-order valence-electron chi connectivity index (χ1n) is 6.77. The van der Waals surface area contributed by atoms with Crippen molar-refractivity contribution in [2.75, 3.05) is 5.32 Å². The molecule has 122 valence electrons. The first-order chi connectivity index (χ1) is 10.9. The molecule has 0 aliphatic rings. The van der Waals surface area contributed by atoms with Crippen molar-refractivity contribution in [3.05, 3.63) is 45.9 Å². The summed E-state index contributed by atoms with van der Waals surface area (Å²) in [4.78, 5) is 26.2. The quantitative estimate of drug-likeness (QED) is 0.815. The smallest absolute Gasteiger partial charge is 0.273 e. The van der Waals surface area contributed by atoms with E-state index in [4.69, 9.17) is 0 Å². The van der Waals surface area contributed by atoms with E-state index in [9.17, 15) is 18.4 Å². The molecule has 0 saturated carbocycles. The van der Waals surface area contributed by atoms with E-state index in [1.807, 2.05) is 0 Å². The second kappa shape index (κ2) is 7.32. The Balaban J connectivity index is 2.15. The average Bonchev–Trinajstić information content (AvgIpc) is 2.52. The summed E-state index contributed by atoms with van der Waals surface area (Å²) in [6, 6.07) is 3.31. The topological polar surface area (TPSA) is 87.7 Å². The van der Waals surface area contributed by atoms with Crippen molar-refractivity contribution in [1.82, 2.24) is 15.2 Å². The molecule has 1 unspecified atom stereocenters. The summed E-state index contributed by atoms with van der Waals surface area (Å²) >= 11 is 0.965. The molecule has 1 aromatic carbocycles. The Morgan fingerprint density at radius 1 is 1.35 bits per heavy atom. The molecule has 0 saturated heterocycles. The van der Waals surface area contributed by atoms with Crippen LogP contribution in [0.1, 0.15) is 19.0 Å². The van der Waals surface area contributed by atoms with Crippen molar-refractivity contribution in [1.29, 1.82) is 0 Å². The van der Waals surface area contributed by atoms with Crippen molar-refractivity contribution < 1.29 is 13.6 Å². The number of carbonyl (C=O) groups is 1. The highest BCUT2D eigenvalue weighted by molar-refractivity contribution is 8.00. The molecule has 0 radical (unpaired) electrons. The van der Waals surface area contributed by atoms with E-state index >= 15 is 0 Å². The van der Waals surface area contributed by atoms with Crippen LogP contribution < -0.4 is 10.9 Å². The maximum absolute atomic E-state index is 13.6. The molecule has 1 atom stereocenters. The summed E-state index contributed by atoms with van der Waals surface area (Å²) in [6.07, 6.45) is 0.365.